The van der Waals surface area contributed by atoms with Crippen molar-refractivity contribution in [2.75, 3.05) is 0 Å². The van der Waals surface area contributed by atoms with Crippen molar-refractivity contribution in [3.63, 3.8) is 0 Å². The van der Waals surface area contributed by atoms with Gasteiger partial charge in [-0.1, -0.05) is 128 Å². The minimum Gasteiger partial charge on any atom is -0.316 e. The van der Waals surface area contributed by atoms with Crippen molar-refractivity contribution >= 4 is 46.4 Å². The number of hydrogen-bond acceptors (Lipinski definition) is 4. The second-order valence-electron chi connectivity index (χ2n) is 16.1. The molecule has 5 heterocycles. The number of fused-ring (bicyclic) bond motifs is 4. The van der Waals surface area contributed by atoms with Gasteiger partial charge >= 0.3 is 0 Å². The lowest BCUT2D eigenvalue weighted by Crippen LogP contribution is -2.68. The third-order valence-electron chi connectivity index (χ3n) is 12.2. The molecule has 2 aliphatic heterocycles. The van der Waals surface area contributed by atoms with Crippen molar-refractivity contribution < 1.29 is 33.4 Å². The molecule has 0 unspecified atom stereocenters. The number of allylic oxidation sites excluding steroid dienone is 2. The highest BCUT2D eigenvalue weighted by Crippen LogP contribution is 2.40. The number of hydrogen-bond donors (Lipinski definition) is 0. The smallest absolute Gasteiger partial charge is 0.226 e. The first kappa shape index (κ1) is 39.3. The standard InChI is InChI=1S/C52H43N2Si.ClHO4/c1-34-18-12-13-23-41(34)50-42-28-26-39(51-48(37-19-8-6-9-20-37)35(2)44-24-14-16-30-53(44)51)32-46(42)55(4,5)47-33-40(27-29-43(47)50)52-49(38-21-10-7-11-22-38)36(3)45-25-15-17-31-54(45)52;2-1(3,4)5/h6-33H,1-5H3;(H,2,3,4,5)/q+1;/p-1. The Hall–Kier alpha value is -6.16. The first-order valence-electron chi connectivity index (χ1n) is 20.0. The highest BCUT2D eigenvalue weighted by molar-refractivity contribution is 7.01. The van der Waals surface area contributed by atoms with Crippen LogP contribution in [0.3, 0.4) is 0 Å². The SMILES string of the molecule is CC1=C(c2ccccc2)/C(=c2\ccc3c(c2)[Si](C)(C)c2cc(-c4c(-c5ccccc5)c(C)c5ccccn45)ccc2C=3c2ccccc2C)[n+]2ccccc21.[O-][Cl+3]([O-])([O-])[O-]. The maximum atomic E-state index is 8.49. The van der Waals surface area contributed by atoms with Crippen LogP contribution < -0.4 is 44.0 Å². The lowest BCUT2D eigenvalue weighted by Gasteiger charge is -2.34. The number of aromatic nitrogens is 2. The van der Waals surface area contributed by atoms with Gasteiger partial charge in [-0.3, -0.25) is 0 Å². The highest BCUT2D eigenvalue weighted by Gasteiger charge is 2.38. The summed E-state index contributed by atoms with van der Waals surface area (Å²) in [6.07, 6.45) is 4.46. The molecule has 0 atom stereocenters. The molecule has 0 fully saturated rings. The Balaban J connectivity index is 0.000000875. The van der Waals surface area contributed by atoms with Crippen LogP contribution in [0.4, 0.5) is 0 Å². The summed E-state index contributed by atoms with van der Waals surface area (Å²) in [5.74, 6) is 0. The number of halogens is 1. The van der Waals surface area contributed by atoms with Crippen LogP contribution in [0.5, 0.6) is 0 Å². The molecule has 0 spiro atoms. The van der Waals surface area contributed by atoms with Gasteiger partial charge < -0.3 is 4.40 Å². The summed E-state index contributed by atoms with van der Waals surface area (Å²) in [6, 6.07) is 58.6. The van der Waals surface area contributed by atoms with Crippen molar-refractivity contribution in [3.8, 4) is 22.4 Å². The van der Waals surface area contributed by atoms with Gasteiger partial charge in [-0.05, 0) is 111 Å². The Kier molecular flexibility index (Phi) is 9.92. The molecule has 0 saturated carbocycles. The third kappa shape index (κ3) is 6.75. The molecular weight excluding hydrogens is 780 g/mol. The van der Waals surface area contributed by atoms with E-state index >= 15 is 0 Å². The van der Waals surface area contributed by atoms with Gasteiger partial charge in [-0.15, -0.1) is 10.2 Å². The van der Waals surface area contributed by atoms with Gasteiger partial charge in [-0.2, -0.15) is 4.57 Å². The molecule has 296 valence electrons. The molecule has 8 aromatic rings. The van der Waals surface area contributed by atoms with E-state index in [4.69, 9.17) is 18.6 Å². The summed E-state index contributed by atoms with van der Waals surface area (Å²) in [5.41, 5.74) is 19.3. The van der Waals surface area contributed by atoms with Gasteiger partial charge in [0.05, 0.1) is 11.3 Å². The molecule has 0 amide bonds. The van der Waals surface area contributed by atoms with E-state index in [2.05, 4.69) is 213 Å². The van der Waals surface area contributed by atoms with Crippen molar-refractivity contribution in [1.29, 1.82) is 0 Å². The fraction of sp³-hybridized carbons (Fsp3) is 0.0962. The van der Waals surface area contributed by atoms with Crippen LogP contribution in [-0.2, 0) is 0 Å². The van der Waals surface area contributed by atoms with Gasteiger partial charge in [0.1, 0.15) is 8.07 Å². The molecule has 0 bridgehead atoms. The maximum absolute atomic E-state index is 8.49. The van der Waals surface area contributed by atoms with Gasteiger partial charge in [0.2, 0.25) is 11.4 Å². The molecule has 0 radical (unpaired) electrons. The van der Waals surface area contributed by atoms with E-state index in [0.717, 1.165) is 0 Å². The van der Waals surface area contributed by atoms with Crippen molar-refractivity contribution in [3.05, 3.63) is 214 Å². The molecule has 3 aromatic heterocycles. The predicted octanol–water partition coefficient (Wildman–Crippen LogP) is 4.41. The highest BCUT2D eigenvalue weighted by atomic mass is 35.7. The van der Waals surface area contributed by atoms with Crippen molar-refractivity contribution in [2.24, 2.45) is 0 Å². The molecule has 8 heteroatoms. The van der Waals surface area contributed by atoms with E-state index < -0.39 is 18.3 Å². The number of aryl methyl sites for hydroxylation is 2. The zero-order valence-electron chi connectivity index (χ0n) is 34.1. The summed E-state index contributed by atoms with van der Waals surface area (Å²) >= 11 is 0. The number of benzene rings is 5. The van der Waals surface area contributed by atoms with Gasteiger partial charge in [0.15, 0.2) is 6.20 Å². The molecule has 10 rings (SSSR count). The van der Waals surface area contributed by atoms with E-state index in [1.165, 1.54) is 105 Å². The summed E-state index contributed by atoms with van der Waals surface area (Å²) in [6.45, 7) is 11.9. The Labute approximate surface area is 353 Å². The van der Waals surface area contributed by atoms with E-state index in [1.807, 2.05) is 0 Å². The molecule has 60 heavy (non-hydrogen) atoms. The molecule has 2 aliphatic rings. The predicted molar refractivity (Wildman–Crippen MR) is 233 cm³/mol. The van der Waals surface area contributed by atoms with Crippen molar-refractivity contribution in [2.45, 2.75) is 33.9 Å². The molecule has 0 aliphatic carbocycles. The Morgan fingerprint density at radius 3 is 1.93 bits per heavy atom. The summed E-state index contributed by atoms with van der Waals surface area (Å²) < 4.78 is 38.8. The van der Waals surface area contributed by atoms with Crippen LogP contribution in [-0.4, -0.2) is 12.5 Å². The molecule has 0 saturated heterocycles. The minimum atomic E-state index is -4.94. The fourth-order valence-electron chi connectivity index (χ4n) is 9.51. The summed E-state index contributed by atoms with van der Waals surface area (Å²) in [7, 11) is -7.25. The summed E-state index contributed by atoms with van der Waals surface area (Å²) in [4.78, 5) is 0. The Morgan fingerprint density at radius 2 is 1.22 bits per heavy atom. The van der Waals surface area contributed by atoms with E-state index in [-0.39, 0.29) is 0 Å². The second kappa shape index (κ2) is 15.1. The lowest BCUT2D eigenvalue weighted by atomic mass is 9.90. The van der Waals surface area contributed by atoms with Gasteiger partial charge in [0, 0.05) is 40.2 Å². The van der Waals surface area contributed by atoms with E-state index in [0.29, 0.717) is 0 Å². The number of pyridine rings is 2. The van der Waals surface area contributed by atoms with Crippen molar-refractivity contribution in [1.82, 2.24) is 4.40 Å². The fourth-order valence-corrected chi connectivity index (χ4v) is 12.6. The average molecular weight is 823 g/mol. The van der Waals surface area contributed by atoms with Crippen LogP contribution in [0.1, 0.15) is 40.4 Å². The third-order valence-corrected chi connectivity index (χ3v) is 15.7. The normalized spacial score (nSPS) is 15.0. The van der Waals surface area contributed by atoms with Crippen LogP contribution in [0.25, 0.3) is 50.3 Å². The maximum Gasteiger partial charge on any atom is 0.226 e. The summed E-state index contributed by atoms with van der Waals surface area (Å²) in [5, 5.41) is 5.59. The van der Waals surface area contributed by atoms with E-state index in [1.54, 1.807) is 0 Å². The monoisotopic (exact) mass is 822 g/mol. The Morgan fingerprint density at radius 1 is 0.567 bits per heavy atom. The second-order valence-corrected chi connectivity index (χ2v) is 21.1. The molecule has 0 N–H and O–H groups in total. The lowest BCUT2D eigenvalue weighted by molar-refractivity contribution is -2.00. The first-order valence-corrected chi connectivity index (χ1v) is 24.2. The number of rotatable bonds is 4. The van der Waals surface area contributed by atoms with Crippen LogP contribution in [0.2, 0.25) is 13.1 Å². The van der Waals surface area contributed by atoms with Gasteiger partial charge in [-0.25, -0.2) is 18.6 Å². The van der Waals surface area contributed by atoms with Crippen LogP contribution in [0, 0.1) is 24.1 Å². The topological polar surface area (TPSA) is 101 Å². The van der Waals surface area contributed by atoms with Crippen LogP contribution in [0.15, 0.2) is 170 Å². The first-order chi connectivity index (χ1) is 28.8. The van der Waals surface area contributed by atoms with E-state index in [9.17, 15) is 0 Å². The molecule has 5 aromatic carbocycles. The zero-order valence-corrected chi connectivity index (χ0v) is 35.8. The molecular formula is C52H43ClN2O4Si. The largest absolute Gasteiger partial charge is 0.316 e. The minimum absolute atomic E-state index is 1.25. The quantitative estimate of drug-likeness (QED) is 0.194. The number of nitrogens with zero attached hydrogens (tertiary/aromatic N) is 2. The Bertz CT molecular complexity index is 3140. The van der Waals surface area contributed by atoms with Crippen LogP contribution >= 0.6 is 0 Å². The zero-order chi connectivity index (χ0) is 41.9. The van der Waals surface area contributed by atoms with Gasteiger partial charge in [0.25, 0.3) is 0 Å². The average Bonchev–Trinajstić information content (AvgIpc) is 3.72. The molecule has 6 nitrogen and oxygen atoms in total.